The zero-order chi connectivity index (χ0) is 15.5. The molecule has 3 aromatic rings. The van der Waals surface area contributed by atoms with Crippen molar-refractivity contribution in [3.05, 3.63) is 72.2 Å². The summed E-state index contributed by atoms with van der Waals surface area (Å²) in [5.41, 5.74) is 0.108. The van der Waals surface area contributed by atoms with Gasteiger partial charge < -0.3 is 5.32 Å². The predicted octanol–water partition coefficient (Wildman–Crippen LogP) is 2.80. The van der Waals surface area contributed by atoms with Crippen molar-refractivity contribution in [2.24, 2.45) is 0 Å². The van der Waals surface area contributed by atoms with Crippen LogP contribution in [0.25, 0.3) is 5.82 Å². The van der Waals surface area contributed by atoms with E-state index >= 15 is 0 Å². The molecule has 1 aromatic carbocycles. The summed E-state index contributed by atoms with van der Waals surface area (Å²) in [6.07, 6.45) is 4.78. The third-order valence-corrected chi connectivity index (χ3v) is 2.93. The van der Waals surface area contributed by atoms with Crippen molar-refractivity contribution >= 4 is 11.6 Å². The minimum Gasteiger partial charge on any atom is -0.319 e. The molecule has 0 aliphatic rings. The number of nitrogens with zero attached hydrogens (tertiary/aromatic N) is 3. The molecule has 0 saturated heterocycles. The predicted molar refractivity (Wildman–Crippen MR) is 75.7 cm³/mol. The van der Waals surface area contributed by atoms with Gasteiger partial charge in [0.1, 0.15) is 11.6 Å². The van der Waals surface area contributed by atoms with Gasteiger partial charge in [-0.3, -0.25) is 4.79 Å². The molecule has 0 atom stereocenters. The van der Waals surface area contributed by atoms with Crippen LogP contribution in [0.5, 0.6) is 0 Å². The van der Waals surface area contributed by atoms with E-state index in [4.69, 9.17) is 0 Å². The SMILES string of the molecule is O=C(Nc1cccnc1-n1cccn1)c1ccc(F)cc1F. The lowest BCUT2D eigenvalue weighted by Crippen LogP contribution is -2.16. The first-order valence-electron chi connectivity index (χ1n) is 6.36. The number of pyridine rings is 1. The van der Waals surface area contributed by atoms with E-state index in [0.717, 1.165) is 12.1 Å². The Balaban J connectivity index is 1.92. The number of halogens is 2. The summed E-state index contributed by atoms with van der Waals surface area (Å²) < 4.78 is 28.0. The van der Waals surface area contributed by atoms with Crippen LogP contribution in [0.3, 0.4) is 0 Å². The van der Waals surface area contributed by atoms with Gasteiger partial charge in [0.2, 0.25) is 0 Å². The molecule has 2 heterocycles. The first-order chi connectivity index (χ1) is 10.6. The van der Waals surface area contributed by atoms with Crippen LogP contribution in [0, 0.1) is 11.6 Å². The van der Waals surface area contributed by atoms with E-state index in [9.17, 15) is 13.6 Å². The van der Waals surface area contributed by atoms with Gasteiger partial charge in [-0.15, -0.1) is 0 Å². The van der Waals surface area contributed by atoms with E-state index in [1.807, 2.05) is 0 Å². The summed E-state index contributed by atoms with van der Waals surface area (Å²) in [4.78, 5) is 16.3. The quantitative estimate of drug-likeness (QED) is 0.809. The molecule has 110 valence electrons. The van der Waals surface area contributed by atoms with Gasteiger partial charge in [-0.2, -0.15) is 5.10 Å². The fraction of sp³-hybridized carbons (Fsp3) is 0. The molecule has 2 aromatic heterocycles. The molecular formula is C15H10F2N4O. The van der Waals surface area contributed by atoms with Crippen LogP contribution in [0.2, 0.25) is 0 Å². The van der Waals surface area contributed by atoms with Gasteiger partial charge in [-0.25, -0.2) is 18.4 Å². The van der Waals surface area contributed by atoms with Crippen LogP contribution in [0.15, 0.2) is 55.0 Å². The standard InChI is InChI=1S/C15H10F2N4O/c16-10-4-5-11(12(17)9-10)15(22)20-13-3-1-6-18-14(13)21-8-2-7-19-21/h1-9H,(H,20,22). The second-order valence-electron chi connectivity index (χ2n) is 4.40. The smallest absolute Gasteiger partial charge is 0.258 e. The van der Waals surface area contributed by atoms with Gasteiger partial charge in [0.25, 0.3) is 5.91 Å². The molecule has 1 N–H and O–H groups in total. The minimum absolute atomic E-state index is 0.253. The summed E-state index contributed by atoms with van der Waals surface area (Å²) in [6, 6.07) is 7.72. The molecule has 5 nitrogen and oxygen atoms in total. The molecule has 22 heavy (non-hydrogen) atoms. The molecule has 0 spiro atoms. The van der Waals surface area contributed by atoms with Crippen LogP contribution in [0.4, 0.5) is 14.5 Å². The Morgan fingerprint density at radius 2 is 2.00 bits per heavy atom. The number of nitrogens with one attached hydrogen (secondary N) is 1. The Labute approximate surface area is 124 Å². The monoisotopic (exact) mass is 300 g/mol. The van der Waals surface area contributed by atoms with Crippen molar-refractivity contribution in [2.45, 2.75) is 0 Å². The highest BCUT2D eigenvalue weighted by Gasteiger charge is 2.15. The Hall–Kier alpha value is -3.09. The number of anilines is 1. The van der Waals surface area contributed by atoms with Gasteiger partial charge >= 0.3 is 0 Å². The third kappa shape index (κ3) is 2.69. The average molecular weight is 300 g/mol. The summed E-state index contributed by atoms with van der Waals surface area (Å²) in [7, 11) is 0. The second-order valence-corrected chi connectivity index (χ2v) is 4.40. The van der Waals surface area contributed by atoms with Gasteiger partial charge in [-0.1, -0.05) is 0 Å². The lowest BCUT2D eigenvalue weighted by molar-refractivity contribution is 0.102. The number of carbonyl (C=O) groups excluding carboxylic acids is 1. The maximum atomic E-state index is 13.6. The average Bonchev–Trinajstić information content (AvgIpc) is 3.01. The number of carbonyl (C=O) groups is 1. The van der Waals surface area contributed by atoms with E-state index in [2.05, 4.69) is 15.4 Å². The summed E-state index contributed by atoms with van der Waals surface area (Å²) in [5, 5.41) is 6.59. The molecule has 7 heteroatoms. The Bertz CT molecular complexity index is 818. The number of hydrogen-bond donors (Lipinski definition) is 1. The molecule has 1 amide bonds. The van der Waals surface area contributed by atoms with Crippen molar-refractivity contribution in [3.63, 3.8) is 0 Å². The molecule has 0 bridgehead atoms. The lowest BCUT2D eigenvalue weighted by atomic mass is 10.2. The molecule has 3 rings (SSSR count). The number of benzene rings is 1. The van der Waals surface area contributed by atoms with Gasteiger partial charge in [0.05, 0.1) is 11.3 Å². The van der Waals surface area contributed by atoms with Gasteiger partial charge in [-0.05, 0) is 30.3 Å². The van der Waals surface area contributed by atoms with Crippen molar-refractivity contribution < 1.29 is 13.6 Å². The van der Waals surface area contributed by atoms with Gasteiger partial charge in [0, 0.05) is 24.7 Å². The minimum atomic E-state index is -0.929. The molecule has 0 fully saturated rings. The number of rotatable bonds is 3. The first-order valence-corrected chi connectivity index (χ1v) is 6.36. The van der Waals surface area contributed by atoms with E-state index < -0.39 is 17.5 Å². The largest absolute Gasteiger partial charge is 0.319 e. The fourth-order valence-electron chi connectivity index (χ4n) is 1.93. The second kappa shape index (κ2) is 5.72. The summed E-state index contributed by atoms with van der Waals surface area (Å²) in [5.74, 6) is -1.98. The molecule has 0 aliphatic carbocycles. The zero-order valence-corrected chi connectivity index (χ0v) is 11.2. The van der Waals surface area contributed by atoms with Crippen molar-refractivity contribution in [2.75, 3.05) is 5.32 Å². The fourth-order valence-corrected chi connectivity index (χ4v) is 1.93. The number of hydrogen-bond acceptors (Lipinski definition) is 3. The lowest BCUT2D eigenvalue weighted by Gasteiger charge is -2.10. The summed E-state index contributed by atoms with van der Waals surface area (Å²) >= 11 is 0. The molecule has 0 unspecified atom stereocenters. The highest BCUT2D eigenvalue weighted by Crippen LogP contribution is 2.18. The van der Waals surface area contributed by atoms with Crippen LogP contribution < -0.4 is 5.32 Å². The van der Waals surface area contributed by atoms with Crippen molar-refractivity contribution in [3.8, 4) is 5.82 Å². The molecule has 0 radical (unpaired) electrons. The molecule has 0 aliphatic heterocycles. The highest BCUT2D eigenvalue weighted by atomic mass is 19.1. The Morgan fingerprint density at radius 3 is 2.73 bits per heavy atom. The zero-order valence-electron chi connectivity index (χ0n) is 11.2. The normalized spacial score (nSPS) is 10.5. The Morgan fingerprint density at radius 1 is 1.14 bits per heavy atom. The van der Waals surface area contributed by atoms with E-state index in [0.29, 0.717) is 17.6 Å². The maximum Gasteiger partial charge on any atom is 0.258 e. The first kappa shape index (κ1) is 13.9. The van der Waals surface area contributed by atoms with E-state index in [-0.39, 0.29) is 5.56 Å². The van der Waals surface area contributed by atoms with E-state index in [1.165, 1.54) is 4.68 Å². The van der Waals surface area contributed by atoms with E-state index in [1.54, 1.807) is 36.8 Å². The molecule has 0 saturated carbocycles. The van der Waals surface area contributed by atoms with Crippen LogP contribution in [-0.4, -0.2) is 20.7 Å². The van der Waals surface area contributed by atoms with Crippen LogP contribution >= 0.6 is 0 Å². The number of aromatic nitrogens is 3. The molecular weight excluding hydrogens is 290 g/mol. The van der Waals surface area contributed by atoms with Crippen LogP contribution in [0.1, 0.15) is 10.4 Å². The number of amides is 1. The van der Waals surface area contributed by atoms with Crippen molar-refractivity contribution in [1.29, 1.82) is 0 Å². The maximum absolute atomic E-state index is 13.6. The highest BCUT2D eigenvalue weighted by molar-refractivity contribution is 6.05. The van der Waals surface area contributed by atoms with Crippen molar-refractivity contribution in [1.82, 2.24) is 14.8 Å². The Kier molecular flexibility index (Phi) is 3.61. The topological polar surface area (TPSA) is 59.8 Å². The van der Waals surface area contributed by atoms with Gasteiger partial charge in [0.15, 0.2) is 5.82 Å². The third-order valence-electron chi connectivity index (χ3n) is 2.93. The van der Waals surface area contributed by atoms with Crippen LogP contribution in [-0.2, 0) is 0 Å². The summed E-state index contributed by atoms with van der Waals surface area (Å²) in [6.45, 7) is 0.